The summed E-state index contributed by atoms with van der Waals surface area (Å²) in [6.45, 7) is 0. The molecule has 56 valence electrons. The molecule has 13 heavy (non-hydrogen) atoms. The van der Waals surface area contributed by atoms with Gasteiger partial charge in [-0.1, -0.05) is 0 Å². The van der Waals surface area contributed by atoms with Crippen LogP contribution in [0.2, 0.25) is 0 Å². The minimum Gasteiger partial charge on any atom is -1.00 e. The Labute approximate surface area is 163 Å². The molecular weight excluding hydrogens is 281 g/mol. The summed E-state index contributed by atoms with van der Waals surface area (Å²) < 4.78 is 0. The molecule has 0 rings (SSSR count). The van der Waals surface area contributed by atoms with E-state index in [2.05, 4.69) is 0 Å². The molecule has 0 atom stereocenters. The molecule has 0 radical (unpaired) electrons. The van der Waals surface area contributed by atoms with Gasteiger partial charge in [0.15, 0.2) is 0 Å². The fourth-order valence-electron chi connectivity index (χ4n) is 0. The number of hydrogen-bond acceptors (Lipinski definition) is 6. The fourth-order valence-corrected chi connectivity index (χ4v) is 0. The molecule has 0 bridgehead atoms. The smallest absolute Gasteiger partial charge is 1.00 e. The molecule has 0 aromatic carbocycles. The second-order valence-corrected chi connectivity index (χ2v) is 0.577. The first-order chi connectivity index (χ1) is 3.46. The largest absolute Gasteiger partial charge is 2.00 e. The van der Waals surface area contributed by atoms with Crippen molar-refractivity contribution in [2.24, 2.45) is 0 Å². The average molecular weight is 281 g/mol. The van der Waals surface area contributed by atoms with Gasteiger partial charge in [0.1, 0.15) is 0 Å². The van der Waals surface area contributed by atoms with Gasteiger partial charge in [-0.2, -0.15) is 0 Å². The fraction of sp³-hybridized carbons (Fsp3) is 0. The molecule has 0 N–H and O–H groups in total. The maximum atomic E-state index is 8.42. The zero-order chi connectivity index (χ0) is 7.15. The molecule has 0 aliphatic carbocycles. The summed E-state index contributed by atoms with van der Waals surface area (Å²) in [6.07, 6.45) is 0. The van der Waals surface area contributed by atoms with Crippen LogP contribution in [0.3, 0.4) is 0 Å². The molecule has 0 fully saturated rings. The Hall–Kier alpha value is 3.27. The molecule has 13 heteroatoms. The molecule has 0 aliphatic heterocycles. The van der Waals surface area contributed by atoms with Crippen molar-refractivity contribution in [3.63, 3.8) is 0 Å². The Bertz CT molecular complexity index is 44.1. The Morgan fingerprint density at radius 3 is 0.615 bits per heavy atom. The summed E-state index contributed by atoms with van der Waals surface area (Å²) in [7, 11) is -5.83. The molecule has 6 nitrogen and oxygen atoms in total. The standard InChI is InChI=1S/2BO3.2Be.FH.K.Sr/c2*2-1(3)4;;;;;/h;;;;1H;;/q2*-3;2*+2;;+1;+2/p-1. The van der Waals surface area contributed by atoms with Crippen LogP contribution in [0.5, 0.6) is 0 Å². The molecule has 0 saturated heterocycles. The average Bonchev–Trinajstić information content (AvgIpc) is 1.25. The van der Waals surface area contributed by atoms with E-state index in [9.17, 15) is 0 Å². The van der Waals surface area contributed by atoms with Crippen molar-refractivity contribution in [2.45, 2.75) is 0 Å². The summed E-state index contributed by atoms with van der Waals surface area (Å²) in [5, 5.41) is 50.5. The third-order valence-corrected chi connectivity index (χ3v) is 0. The third kappa shape index (κ3) is 251. The molecule has 0 saturated carbocycles. The molecule has 0 aromatic rings. The molecule has 0 aliphatic rings. The van der Waals surface area contributed by atoms with Crippen LogP contribution in [0.25, 0.3) is 0 Å². The molecule has 0 aromatic heterocycles. The van der Waals surface area contributed by atoms with E-state index in [1.54, 1.807) is 0 Å². The minimum atomic E-state index is -2.92. The van der Waals surface area contributed by atoms with Crippen LogP contribution in [-0.4, -0.2) is 80.4 Å². The number of halogens is 1. The van der Waals surface area contributed by atoms with Crippen molar-refractivity contribution >= 4 is 80.4 Å². The number of rotatable bonds is 0. The van der Waals surface area contributed by atoms with Crippen LogP contribution >= 0.6 is 0 Å². The summed E-state index contributed by atoms with van der Waals surface area (Å²) in [5.41, 5.74) is 0. The van der Waals surface area contributed by atoms with Gasteiger partial charge in [-0.05, 0) is 0 Å². The summed E-state index contributed by atoms with van der Waals surface area (Å²) in [5.74, 6) is 0. The van der Waals surface area contributed by atoms with Crippen LogP contribution in [0.4, 0.5) is 0 Å². The maximum Gasteiger partial charge on any atom is 2.00 e. The molecule has 0 amide bonds. The van der Waals surface area contributed by atoms with E-state index in [4.69, 9.17) is 30.1 Å². The Morgan fingerprint density at radius 1 is 0.615 bits per heavy atom. The van der Waals surface area contributed by atoms with Crippen LogP contribution in [0.1, 0.15) is 0 Å². The predicted octanol–water partition coefficient (Wildman–Crippen LogP) is -15.0. The van der Waals surface area contributed by atoms with Crippen molar-refractivity contribution in [3.05, 3.63) is 0 Å². The van der Waals surface area contributed by atoms with Gasteiger partial charge in [-0.3, -0.25) is 14.6 Å². The molecule has 0 spiro atoms. The van der Waals surface area contributed by atoms with E-state index in [0.29, 0.717) is 0 Å². The van der Waals surface area contributed by atoms with Crippen molar-refractivity contribution in [1.29, 1.82) is 0 Å². The van der Waals surface area contributed by atoms with Gasteiger partial charge in [-0.25, -0.2) is 0 Å². The van der Waals surface area contributed by atoms with Gasteiger partial charge in [0.05, 0.1) is 0 Å². The summed E-state index contributed by atoms with van der Waals surface area (Å²) >= 11 is 0. The van der Waals surface area contributed by atoms with E-state index < -0.39 is 14.6 Å². The van der Waals surface area contributed by atoms with Gasteiger partial charge < -0.3 is 34.8 Å². The minimum absolute atomic E-state index is 0. The Balaban J connectivity index is -0.00000000800. The van der Waals surface area contributed by atoms with Crippen molar-refractivity contribution in [2.75, 3.05) is 0 Å². The molecular formula is B2Be2FKO6Sr. The summed E-state index contributed by atoms with van der Waals surface area (Å²) in [4.78, 5) is 0. The van der Waals surface area contributed by atoms with Crippen LogP contribution in [0, 0.1) is 0 Å². The zero-order valence-corrected chi connectivity index (χ0v) is 13.7. The van der Waals surface area contributed by atoms with Crippen molar-refractivity contribution in [1.82, 2.24) is 0 Å². The number of hydrogen-bond donors (Lipinski definition) is 0. The zero-order valence-electron chi connectivity index (χ0n) is 7.10. The van der Waals surface area contributed by atoms with Crippen LogP contribution < -0.4 is 86.2 Å². The van der Waals surface area contributed by atoms with Gasteiger partial charge in [0.25, 0.3) is 0 Å². The third-order valence-electron chi connectivity index (χ3n) is 0. The van der Waals surface area contributed by atoms with Crippen LogP contribution in [-0.2, 0) is 0 Å². The first-order valence-corrected chi connectivity index (χ1v) is 1.41. The quantitative estimate of drug-likeness (QED) is 0.404. The monoisotopic (exact) mass is 282 g/mol. The summed E-state index contributed by atoms with van der Waals surface area (Å²) in [6, 6.07) is 0. The Kier molecular flexibility index (Phi) is 123. The van der Waals surface area contributed by atoms with Gasteiger partial charge in [0, 0.05) is 0 Å². The molecule has 0 unspecified atom stereocenters. The topological polar surface area (TPSA) is 138 Å². The van der Waals surface area contributed by atoms with Gasteiger partial charge in [-0.15, -0.1) is 0 Å². The van der Waals surface area contributed by atoms with Crippen molar-refractivity contribution < 1.29 is 86.2 Å². The van der Waals surface area contributed by atoms with E-state index in [0.717, 1.165) is 0 Å². The maximum absolute atomic E-state index is 8.42. The van der Waals surface area contributed by atoms with Gasteiger partial charge in [0.2, 0.25) is 0 Å². The van der Waals surface area contributed by atoms with E-state index >= 15 is 0 Å². The van der Waals surface area contributed by atoms with Gasteiger partial charge >= 0.3 is 117 Å². The van der Waals surface area contributed by atoms with Crippen molar-refractivity contribution in [3.8, 4) is 0 Å². The van der Waals surface area contributed by atoms with E-state index in [1.807, 2.05) is 0 Å². The first-order valence-electron chi connectivity index (χ1n) is 1.41. The van der Waals surface area contributed by atoms with E-state index in [1.165, 1.54) is 0 Å². The van der Waals surface area contributed by atoms with Crippen LogP contribution in [0.15, 0.2) is 0 Å². The second kappa shape index (κ2) is 36.2. The normalized spacial score (nSPS) is 4.15. The Morgan fingerprint density at radius 2 is 0.615 bits per heavy atom. The molecule has 0 heterocycles. The second-order valence-electron chi connectivity index (χ2n) is 0.577. The van der Waals surface area contributed by atoms with E-state index in [-0.39, 0.29) is 122 Å². The SMILES string of the molecule is [Be+2].[Be+2].[F-].[K+].[O-]B([O-])[O-].[O-]B([O-])[O-].[Sr+2]. The predicted molar refractivity (Wildman–Crippen MR) is 28.8 cm³/mol. The first kappa shape index (κ1) is 44.1.